The van der Waals surface area contributed by atoms with Gasteiger partial charge in [0.1, 0.15) is 0 Å². The lowest BCUT2D eigenvalue weighted by atomic mass is 10.0. The van der Waals surface area contributed by atoms with Crippen LogP contribution in [0.25, 0.3) is 0 Å². The number of carbonyl (C=O) groups excluding carboxylic acids is 3. The monoisotopic (exact) mass is 332 g/mol. The van der Waals surface area contributed by atoms with E-state index in [9.17, 15) is 14.4 Å². The molecular weight excluding hydrogens is 308 g/mol. The highest BCUT2D eigenvalue weighted by Crippen LogP contribution is 2.12. The molecule has 2 N–H and O–H groups in total. The van der Waals surface area contributed by atoms with Gasteiger partial charge in [-0.3, -0.25) is 9.59 Å². The van der Waals surface area contributed by atoms with Gasteiger partial charge in [-0.05, 0) is 19.8 Å². The Hall–Kier alpha value is -2.37. The number of carbonyl (C=O) groups is 3. The molecule has 6 nitrogen and oxygen atoms in total. The zero-order valence-electron chi connectivity index (χ0n) is 13.9. The third-order valence-electron chi connectivity index (χ3n) is 4.13. The van der Waals surface area contributed by atoms with Crippen LogP contribution in [-0.2, 0) is 9.53 Å². The number of ether oxygens (including phenoxy) is 1. The number of nitrogens with one attached hydrogen (secondary N) is 2. The zero-order valence-corrected chi connectivity index (χ0v) is 13.9. The molecule has 0 aromatic heterocycles. The Kier molecular flexibility index (Phi) is 6.78. The average molecular weight is 332 g/mol. The van der Waals surface area contributed by atoms with Gasteiger partial charge in [-0.1, -0.05) is 43.2 Å². The fraction of sp³-hybridized carbons (Fsp3) is 0.500. The van der Waals surface area contributed by atoms with E-state index in [0.29, 0.717) is 12.0 Å². The van der Waals surface area contributed by atoms with Crippen LogP contribution in [0, 0.1) is 0 Å². The normalized spacial score (nSPS) is 19.5. The summed E-state index contributed by atoms with van der Waals surface area (Å²) in [4.78, 5) is 34.6. The van der Waals surface area contributed by atoms with Crippen molar-refractivity contribution in [2.45, 2.75) is 51.1 Å². The van der Waals surface area contributed by atoms with E-state index in [2.05, 4.69) is 10.6 Å². The first-order valence-corrected chi connectivity index (χ1v) is 8.37. The van der Waals surface area contributed by atoms with Crippen molar-refractivity contribution < 1.29 is 19.1 Å². The molecule has 130 valence electrons. The van der Waals surface area contributed by atoms with Crippen LogP contribution < -0.4 is 10.6 Å². The summed E-state index contributed by atoms with van der Waals surface area (Å²) >= 11 is 0. The fourth-order valence-corrected chi connectivity index (χ4v) is 2.70. The first-order chi connectivity index (χ1) is 11.6. The van der Waals surface area contributed by atoms with Crippen LogP contribution in [0.2, 0.25) is 0 Å². The van der Waals surface area contributed by atoms with Gasteiger partial charge in [-0.15, -0.1) is 0 Å². The minimum absolute atomic E-state index is 0.112. The molecule has 0 spiro atoms. The maximum absolute atomic E-state index is 11.8. The predicted molar refractivity (Wildman–Crippen MR) is 89.7 cm³/mol. The minimum Gasteiger partial charge on any atom is -0.457 e. The lowest BCUT2D eigenvalue weighted by Gasteiger charge is -2.13. The molecule has 1 fully saturated rings. The quantitative estimate of drug-likeness (QED) is 0.413. The fourth-order valence-electron chi connectivity index (χ4n) is 2.70. The van der Waals surface area contributed by atoms with E-state index in [0.717, 1.165) is 25.7 Å². The van der Waals surface area contributed by atoms with Crippen molar-refractivity contribution in [2.24, 2.45) is 0 Å². The van der Waals surface area contributed by atoms with Gasteiger partial charge in [-0.25, -0.2) is 4.79 Å². The van der Waals surface area contributed by atoms with Crippen molar-refractivity contribution in [2.75, 3.05) is 6.61 Å². The molecule has 1 saturated heterocycles. The van der Waals surface area contributed by atoms with E-state index in [-0.39, 0.29) is 36.5 Å². The van der Waals surface area contributed by atoms with Crippen molar-refractivity contribution >= 4 is 17.8 Å². The Morgan fingerprint density at radius 2 is 1.83 bits per heavy atom. The van der Waals surface area contributed by atoms with Crippen LogP contribution in [0.1, 0.15) is 49.4 Å². The Morgan fingerprint density at radius 3 is 2.50 bits per heavy atom. The third kappa shape index (κ3) is 5.68. The van der Waals surface area contributed by atoms with Gasteiger partial charge in [0.2, 0.25) is 0 Å². The number of amides is 2. The Balaban J connectivity index is 1.54. The Bertz CT molecular complexity index is 574. The van der Waals surface area contributed by atoms with E-state index in [1.165, 1.54) is 0 Å². The van der Waals surface area contributed by atoms with Gasteiger partial charge in [-0.2, -0.15) is 0 Å². The molecule has 1 aliphatic heterocycles. The third-order valence-corrected chi connectivity index (χ3v) is 4.13. The maximum atomic E-state index is 11.8. The van der Waals surface area contributed by atoms with Crippen LogP contribution >= 0.6 is 0 Å². The summed E-state index contributed by atoms with van der Waals surface area (Å²) in [5.41, 5.74) is 0.548. The van der Waals surface area contributed by atoms with Crippen molar-refractivity contribution in [3.05, 3.63) is 35.9 Å². The summed E-state index contributed by atoms with van der Waals surface area (Å²) in [7, 11) is 0. The van der Waals surface area contributed by atoms with E-state index >= 15 is 0 Å². The van der Waals surface area contributed by atoms with Gasteiger partial charge < -0.3 is 15.4 Å². The molecule has 1 heterocycles. The number of benzene rings is 1. The van der Waals surface area contributed by atoms with Gasteiger partial charge in [0.25, 0.3) is 0 Å². The van der Waals surface area contributed by atoms with Crippen LogP contribution in [0.15, 0.2) is 30.3 Å². The number of unbranched alkanes of at least 4 members (excludes halogenated alkanes) is 2. The first kappa shape index (κ1) is 18.0. The van der Waals surface area contributed by atoms with Crippen molar-refractivity contribution in [3.63, 3.8) is 0 Å². The summed E-state index contributed by atoms with van der Waals surface area (Å²) < 4.78 is 5.01. The average Bonchev–Trinajstić information content (AvgIpc) is 2.90. The van der Waals surface area contributed by atoms with E-state index in [1.807, 2.05) is 13.0 Å². The molecule has 6 heteroatoms. The smallest absolute Gasteiger partial charge is 0.315 e. The van der Waals surface area contributed by atoms with E-state index in [1.54, 1.807) is 24.3 Å². The van der Waals surface area contributed by atoms with Crippen LogP contribution in [-0.4, -0.2) is 36.5 Å². The summed E-state index contributed by atoms with van der Waals surface area (Å²) in [5, 5.41) is 5.68. The highest BCUT2D eigenvalue weighted by Gasteiger charge is 2.26. The molecule has 1 aliphatic rings. The molecule has 0 bridgehead atoms. The number of esters is 1. The second-order valence-electron chi connectivity index (χ2n) is 6.06. The number of Topliss-reactive ketones (excluding diaryl/α,β-unsaturated/α-hetero) is 1. The van der Waals surface area contributed by atoms with Crippen molar-refractivity contribution in [1.29, 1.82) is 0 Å². The highest BCUT2D eigenvalue weighted by atomic mass is 16.5. The van der Waals surface area contributed by atoms with Gasteiger partial charge in [0, 0.05) is 18.0 Å². The Labute approximate surface area is 142 Å². The number of hydrogen-bond donors (Lipinski definition) is 2. The summed E-state index contributed by atoms with van der Waals surface area (Å²) in [6.07, 6.45) is 3.75. The molecule has 0 saturated carbocycles. The van der Waals surface area contributed by atoms with Gasteiger partial charge in [0.05, 0.1) is 6.04 Å². The lowest BCUT2D eigenvalue weighted by Crippen LogP contribution is -2.30. The number of hydrogen-bond acceptors (Lipinski definition) is 4. The molecular formula is C18H24N2O4. The summed E-state index contributed by atoms with van der Waals surface area (Å²) in [5.74, 6) is -0.536. The van der Waals surface area contributed by atoms with E-state index < -0.39 is 0 Å². The number of ketones is 1. The SMILES string of the molecule is CC1NC(=O)NC1CCCCCC(=O)OCC(=O)c1ccccc1. The van der Waals surface area contributed by atoms with Gasteiger partial charge in [0.15, 0.2) is 12.4 Å². The first-order valence-electron chi connectivity index (χ1n) is 8.37. The predicted octanol–water partition coefficient (Wildman–Crippen LogP) is 2.43. The zero-order chi connectivity index (χ0) is 17.4. The van der Waals surface area contributed by atoms with Gasteiger partial charge >= 0.3 is 12.0 Å². The largest absolute Gasteiger partial charge is 0.457 e. The summed E-state index contributed by atoms with van der Waals surface area (Å²) in [6, 6.07) is 8.98. The molecule has 0 radical (unpaired) electrons. The maximum Gasteiger partial charge on any atom is 0.315 e. The van der Waals surface area contributed by atoms with Crippen molar-refractivity contribution in [3.8, 4) is 0 Å². The minimum atomic E-state index is -0.344. The standard InChI is InChI=1S/C18H24N2O4/c1-13-15(20-18(23)19-13)10-6-3-7-11-17(22)24-12-16(21)14-8-4-2-5-9-14/h2,4-5,8-9,13,15H,3,6-7,10-12H2,1H3,(H2,19,20,23). The molecule has 1 aromatic rings. The van der Waals surface area contributed by atoms with Crippen LogP contribution in [0.4, 0.5) is 4.79 Å². The number of rotatable bonds is 9. The highest BCUT2D eigenvalue weighted by molar-refractivity contribution is 5.97. The molecule has 2 atom stereocenters. The lowest BCUT2D eigenvalue weighted by molar-refractivity contribution is -0.142. The second kappa shape index (κ2) is 9.05. The molecule has 2 amide bonds. The molecule has 24 heavy (non-hydrogen) atoms. The van der Waals surface area contributed by atoms with Crippen molar-refractivity contribution in [1.82, 2.24) is 10.6 Å². The molecule has 2 unspecified atom stereocenters. The Morgan fingerprint density at radius 1 is 1.08 bits per heavy atom. The molecule has 1 aromatic carbocycles. The molecule has 0 aliphatic carbocycles. The summed E-state index contributed by atoms with van der Waals surface area (Å²) in [6.45, 7) is 1.77. The van der Waals surface area contributed by atoms with Crippen LogP contribution in [0.3, 0.4) is 0 Å². The number of urea groups is 1. The second-order valence-corrected chi connectivity index (χ2v) is 6.06. The van der Waals surface area contributed by atoms with Crippen LogP contribution in [0.5, 0.6) is 0 Å². The molecule has 2 rings (SSSR count). The van der Waals surface area contributed by atoms with E-state index in [4.69, 9.17) is 4.74 Å². The topological polar surface area (TPSA) is 84.5 Å².